The molecule has 0 spiro atoms. The van der Waals surface area contributed by atoms with Crippen LogP contribution in [0.5, 0.6) is 0 Å². The highest BCUT2D eigenvalue weighted by molar-refractivity contribution is 9.10. The summed E-state index contributed by atoms with van der Waals surface area (Å²) in [5.74, 6) is -0.173. The number of nitrogens with one attached hydrogen (secondary N) is 1. The number of rotatable bonds is 3. The largest absolute Gasteiger partial charge is 0.399 e. The highest BCUT2D eigenvalue weighted by Crippen LogP contribution is 2.20. The molecule has 3 N–H and O–H groups in total. The van der Waals surface area contributed by atoms with Crippen LogP contribution in [0.3, 0.4) is 0 Å². The quantitative estimate of drug-likeness (QED) is 0.660. The molecule has 0 saturated heterocycles. The molecule has 1 amide bonds. The zero-order valence-corrected chi connectivity index (χ0v) is 12.6. The van der Waals surface area contributed by atoms with Crippen molar-refractivity contribution in [3.8, 4) is 0 Å². The fourth-order valence-corrected chi connectivity index (χ4v) is 2.10. The molecule has 2 aromatic rings. The molecule has 0 fully saturated rings. The second kappa shape index (κ2) is 6.39. The Bertz CT molecular complexity index is 665. The van der Waals surface area contributed by atoms with Crippen molar-refractivity contribution >= 4 is 39.3 Å². The monoisotopic (exact) mass is 330 g/mol. The fraction of sp³-hybridized carbons (Fsp3) is 0.0625. The number of nitrogen functional groups attached to an aromatic ring is 1. The van der Waals surface area contributed by atoms with E-state index in [9.17, 15) is 4.79 Å². The molecule has 0 radical (unpaired) electrons. The number of amides is 1. The maximum atomic E-state index is 11.9. The third kappa shape index (κ3) is 3.96. The smallest absolute Gasteiger partial charge is 0.248 e. The second-order valence-corrected chi connectivity index (χ2v) is 5.37. The van der Waals surface area contributed by atoms with Crippen LogP contribution in [-0.2, 0) is 4.79 Å². The lowest BCUT2D eigenvalue weighted by atomic mass is 10.2. The van der Waals surface area contributed by atoms with Gasteiger partial charge in [-0.3, -0.25) is 4.79 Å². The van der Waals surface area contributed by atoms with E-state index in [0.717, 1.165) is 21.3 Å². The zero-order chi connectivity index (χ0) is 14.5. The molecule has 3 nitrogen and oxygen atoms in total. The summed E-state index contributed by atoms with van der Waals surface area (Å²) in [6.07, 6.45) is 3.23. The number of nitrogens with two attached hydrogens (primary N) is 1. The Hall–Kier alpha value is -2.07. The van der Waals surface area contributed by atoms with E-state index in [1.807, 2.05) is 49.4 Å². The van der Waals surface area contributed by atoms with Gasteiger partial charge in [-0.05, 0) is 48.4 Å². The SMILES string of the molecule is Cc1ccc(Br)cc1NC(=O)/C=C/c1cccc(N)c1. The number of anilines is 2. The van der Waals surface area contributed by atoms with Gasteiger partial charge in [0.1, 0.15) is 0 Å². The molecule has 4 heteroatoms. The molecule has 2 aromatic carbocycles. The minimum absolute atomic E-state index is 0.173. The van der Waals surface area contributed by atoms with Crippen molar-refractivity contribution in [2.24, 2.45) is 0 Å². The first kappa shape index (κ1) is 14.3. The van der Waals surface area contributed by atoms with Crippen LogP contribution in [0.15, 0.2) is 53.0 Å². The minimum Gasteiger partial charge on any atom is -0.399 e. The first-order chi connectivity index (χ1) is 9.54. The van der Waals surface area contributed by atoms with E-state index < -0.39 is 0 Å². The number of benzene rings is 2. The van der Waals surface area contributed by atoms with E-state index in [2.05, 4.69) is 21.2 Å². The van der Waals surface area contributed by atoms with Crippen molar-refractivity contribution in [2.45, 2.75) is 6.92 Å². The Labute approximate surface area is 126 Å². The lowest BCUT2D eigenvalue weighted by Crippen LogP contribution is -2.08. The maximum absolute atomic E-state index is 11.9. The van der Waals surface area contributed by atoms with Gasteiger partial charge in [0.25, 0.3) is 0 Å². The summed E-state index contributed by atoms with van der Waals surface area (Å²) >= 11 is 3.39. The topological polar surface area (TPSA) is 55.1 Å². The molecule has 0 unspecified atom stereocenters. The Kier molecular flexibility index (Phi) is 4.58. The number of carbonyl (C=O) groups is 1. The summed E-state index contributed by atoms with van der Waals surface area (Å²) in [5, 5.41) is 2.85. The van der Waals surface area contributed by atoms with Gasteiger partial charge < -0.3 is 11.1 Å². The molecule has 0 heterocycles. The van der Waals surface area contributed by atoms with Gasteiger partial charge >= 0.3 is 0 Å². The molecule has 0 aromatic heterocycles. The van der Waals surface area contributed by atoms with Crippen LogP contribution in [0.25, 0.3) is 6.08 Å². The highest BCUT2D eigenvalue weighted by Gasteiger charge is 2.02. The Morgan fingerprint density at radius 2 is 2.05 bits per heavy atom. The summed E-state index contributed by atoms with van der Waals surface area (Å²) in [6.45, 7) is 1.95. The van der Waals surface area contributed by atoms with E-state index in [4.69, 9.17) is 5.73 Å². The van der Waals surface area contributed by atoms with Crippen LogP contribution < -0.4 is 11.1 Å². The van der Waals surface area contributed by atoms with Crippen molar-refractivity contribution in [3.63, 3.8) is 0 Å². The lowest BCUT2D eigenvalue weighted by Gasteiger charge is -2.06. The summed E-state index contributed by atoms with van der Waals surface area (Å²) in [7, 11) is 0. The first-order valence-corrected chi connectivity index (χ1v) is 6.94. The molecule has 20 heavy (non-hydrogen) atoms. The molecular formula is C16H15BrN2O. The maximum Gasteiger partial charge on any atom is 0.248 e. The van der Waals surface area contributed by atoms with E-state index in [0.29, 0.717) is 5.69 Å². The molecule has 0 aliphatic rings. The number of halogens is 1. The van der Waals surface area contributed by atoms with Gasteiger partial charge in [0, 0.05) is 21.9 Å². The summed E-state index contributed by atoms with van der Waals surface area (Å²) in [6, 6.07) is 13.1. The molecule has 2 rings (SSSR count). The van der Waals surface area contributed by atoms with Crippen molar-refractivity contribution in [1.29, 1.82) is 0 Å². The molecule has 0 aliphatic heterocycles. The molecule has 0 atom stereocenters. The van der Waals surface area contributed by atoms with Gasteiger partial charge in [-0.2, -0.15) is 0 Å². The summed E-state index contributed by atoms with van der Waals surface area (Å²) in [4.78, 5) is 11.9. The van der Waals surface area contributed by atoms with Crippen LogP contribution in [0, 0.1) is 6.92 Å². The number of hydrogen-bond acceptors (Lipinski definition) is 2. The second-order valence-electron chi connectivity index (χ2n) is 4.45. The molecule has 102 valence electrons. The van der Waals surface area contributed by atoms with Crippen molar-refractivity contribution < 1.29 is 4.79 Å². The van der Waals surface area contributed by atoms with Gasteiger partial charge in [0.15, 0.2) is 0 Å². The van der Waals surface area contributed by atoms with Gasteiger partial charge in [0.2, 0.25) is 5.91 Å². The molecule has 0 bridgehead atoms. The van der Waals surface area contributed by atoms with Crippen LogP contribution in [0.2, 0.25) is 0 Å². The van der Waals surface area contributed by atoms with Gasteiger partial charge in [-0.25, -0.2) is 0 Å². The van der Waals surface area contributed by atoms with Crippen molar-refractivity contribution in [1.82, 2.24) is 0 Å². The molecule has 0 aliphatic carbocycles. The highest BCUT2D eigenvalue weighted by atomic mass is 79.9. The first-order valence-electron chi connectivity index (χ1n) is 6.15. The third-order valence-corrected chi connectivity index (χ3v) is 3.29. The molecular weight excluding hydrogens is 316 g/mol. The van der Waals surface area contributed by atoms with Gasteiger partial charge in [-0.1, -0.05) is 34.1 Å². The fourth-order valence-electron chi connectivity index (χ4n) is 1.74. The average Bonchev–Trinajstić information content (AvgIpc) is 2.41. The van der Waals surface area contributed by atoms with E-state index in [-0.39, 0.29) is 5.91 Å². The zero-order valence-electron chi connectivity index (χ0n) is 11.1. The minimum atomic E-state index is -0.173. The Morgan fingerprint density at radius 3 is 2.80 bits per heavy atom. The van der Waals surface area contributed by atoms with Gasteiger partial charge in [-0.15, -0.1) is 0 Å². The van der Waals surface area contributed by atoms with Crippen LogP contribution in [0.4, 0.5) is 11.4 Å². The predicted octanol–water partition coefficient (Wildman–Crippen LogP) is 3.99. The Balaban J connectivity index is 2.07. The predicted molar refractivity (Wildman–Crippen MR) is 87.4 cm³/mol. The summed E-state index contributed by atoms with van der Waals surface area (Å²) < 4.78 is 0.929. The van der Waals surface area contributed by atoms with Crippen LogP contribution >= 0.6 is 15.9 Å². The van der Waals surface area contributed by atoms with Gasteiger partial charge in [0.05, 0.1) is 0 Å². The van der Waals surface area contributed by atoms with Crippen LogP contribution in [-0.4, -0.2) is 5.91 Å². The van der Waals surface area contributed by atoms with E-state index >= 15 is 0 Å². The number of carbonyl (C=O) groups excluding carboxylic acids is 1. The lowest BCUT2D eigenvalue weighted by molar-refractivity contribution is -0.111. The summed E-state index contributed by atoms with van der Waals surface area (Å²) in [5.41, 5.74) is 9.06. The van der Waals surface area contributed by atoms with E-state index in [1.54, 1.807) is 6.08 Å². The standard InChI is InChI=1S/C16H15BrN2O/c1-11-5-7-13(17)10-15(11)19-16(20)8-6-12-3-2-4-14(18)9-12/h2-10H,18H2,1H3,(H,19,20)/b8-6+. The average molecular weight is 331 g/mol. The molecule has 0 saturated carbocycles. The number of aryl methyl sites for hydroxylation is 1. The Morgan fingerprint density at radius 1 is 1.25 bits per heavy atom. The van der Waals surface area contributed by atoms with Crippen molar-refractivity contribution in [3.05, 3.63) is 64.1 Å². The van der Waals surface area contributed by atoms with Crippen molar-refractivity contribution in [2.75, 3.05) is 11.1 Å². The number of hydrogen-bond donors (Lipinski definition) is 2. The third-order valence-electron chi connectivity index (χ3n) is 2.80. The normalized spacial score (nSPS) is 10.7. The van der Waals surface area contributed by atoms with Crippen LogP contribution in [0.1, 0.15) is 11.1 Å². The van der Waals surface area contributed by atoms with E-state index in [1.165, 1.54) is 6.08 Å².